The Hall–Kier alpha value is -3.53. The standard InChI is InChI=1S/C22H20ClF3N4O3/c1-21(2,3)28-20(31)32-18-10-4-14(12-17(18)23)5-11-19-27-13-30(29-19)15-6-8-16(9-7-15)33-22(24,25)26/h4-13H,1-3H3,(H,28,31)/b11-5+. The second kappa shape index (κ2) is 9.53. The molecule has 0 aliphatic rings. The molecule has 11 heteroatoms. The largest absolute Gasteiger partial charge is 0.573 e. The van der Waals surface area contributed by atoms with Gasteiger partial charge < -0.3 is 14.8 Å². The topological polar surface area (TPSA) is 78.3 Å². The summed E-state index contributed by atoms with van der Waals surface area (Å²) < 4.78 is 47.3. The number of hydrogen-bond acceptors (Lipinski definition) is 5. The predicted octanol–water partition coefficient (Wildman–Crippen LogP) is 5.88. The van der Waals surface area contributed by atoms with Gasteiger partial charge in [-0.1, -0.05) is 23.7 Å². The quantitative estimate of drug-likeness (QED) is 0.493. The second-order valence-corrected chi connectivity index (χ2v) is 8.28. The van der Waals surface area contributed by atoms with Crippen molar-refractivity contribution in [2.45, 2.75) is 32.7 Å². The molecule has 0 fully saturated rings. The van der Waals surface area contributed by atoms with E-state index in [1.54, 1.807) is 30.4 Å². The molecule has 0 radical (unpaired) electrons. The predicted molar refractivity (Wildman–Crippen MR) is 117 cm³/mol. The smallest absolute Gasteiger partial charge is 0.409 e. The number of ether oxygens (including phenoxy) is 2. The van der Waals surface area contributed by atoms with E-state index in [1.165, 1.54) is 35.3 Å². The molecule has 1 aromatic heterocycles. The summed E-state index contributed by atoms with van der Waals surface area (Å²) in [5.41, 5.74) is 0.782. The lowest BCUT2D eigenvalue weighted by Crippen LogP contribution is -2.42. The third-order valence-electron chi connectivity index (χ3n) is 3.90. The third-order valence-corrected chi connectivity index (χ3v) is 4.20. The number of carbonyl (C=O) groups excluding carboxylic acids is 1. The Morgan fingerprint density at radius 3 is 2.39 bits per heavy atom. The van der Waals surface area contributed by atoms with Crippen molar-refractivity contribution >= 4 is 29.8 Å². The van der Waals surface area contributed by atoms with Gasteiger partial charge in [0.15, 0.2) is 11.6 Å². The van der Waals surface area contributed by atoms with Gasteiger partial charge in [0.05, 0.1) is 10.7 Å². The van der Waals surface area contributed by atoms with E-state index in [2.05, 4.69) is 20.1 Å². The summed E-state index contributed by atoms with van der Waals surface area (Å²) in [5.74, 6) is 0.259. The highest BCUT2D eigenvalue weighted by atomic mass is 35.5. The average molecular weight is 481 g/mol. The first kappa shape index (κ1) is 24.1. The highest BCUT2D eigenvalue weighted by Crippen LogP contribution is 2.27. The molecular weight excluding hydrogens is 461 g/mol. The van der Waals surface area contributed by atoms with Crippen LogP contribution in [0.15, 0.2) is 48.8 Å². The maximum absolute atomic E-state index is 12.3. The van der Waals surface area contributed by atoms with E-state index in [0.29, 0.717) is 17.1 Å². The minimum Gasteiger partial charge on any atom is -0.409 e. The Bertz CT molecular complexity index is 1150. The summed E-state index contributed by atoms with van der Waals surface area (Å²) in [4.78, 5) is 16.0. The Morgan fingerprint density at radius 1 is 1.09 bits per heavy atom. The molecule has 0 unspecified atom stereocenters. The number of rotatable bonds is 5. The molecule has 3 aromatic rings. The number of halogens is 4. The lowest BCUT2D eigenvalue weighted by molar-refractivity contribution is -0.274. The van der Waals surface area contributed by atoms with Crippen LogP contribution in [0.5, 0.6) is 11.5 Å². The van der Waals surface area contributed by atoms with Crippen LogP contribution in [0, 0.1) is 0 Å². The zero-order valence-corrected chi connectivity index (χ0v) is 18.6. The molecule has 2 aromatic carbocycles. The number of alkyl halides is 3. The molecule has 0 saturated heterocycles. The molecule has 1 amide bonds. The summed E-state index contributed by atoms with van der Waals surface area (Å²) in [7, 11) is 0. The SMILES string of the molecule is CC(C)(C)NC(=O)Oc1ccc(/C=C/c2ncn(-c3ccc(OC(F)(F)F)cc3)n2)cc1Cl. The van der Waals surface area contributed by atoms with Crippen LogP contribution in [-0.4, -0.2) is 32.8 Å². The fraction of sp³-hybridized carbons (Fsp3) is 0.227. The number of benzene rings is 2. The Kier molecular flexibility index (Phi) is 6.97. The number of nitrogens with zero attached hydrogens (tertiary/aromatic N) is 3. The van der Waals surface area contributed by atoms with E-state index in [4.69, 9.17) is 16.3 Å². The van der Waals surface area contributed by atoms with Gasteiger partial charge in [0, 0.05) is 5.54 Å². The van der Waals surface area contributed by atoms with Crippen LogP contribution < -0.4 is 14.8 Å². The molecule has 3 rings (SSSR count). The summed E-state index contributed by atoms with van der Waals surface area (Å²) in [6.45, 7) is 5.49. The fourth-order valence-corrected chi connectivity index (χ4v) is 2.81. The van der Waals surface area contributed by atoms with Gasteiger partial charge >= 0.3 is 12.5 Å². The number of hydrogen-bond donors (Lipinski definition) is 1. The highest BCUT2D eigenvalue weighted by molar-refractivity contribution is 6.32. The van der Waals surface area contributed by atoms with Crippen molar-refractivity contribution in [1.82, 2.24) is 20.1 Å². The Balaban J connectivity index is 1.65. The summed E-state index contributed by atoms with van der Waals surface area (Å²) in [6, 6.07) is 10.1. The van der Waals surface area contributed by atoms with E-state index >= 15 is 0 Å². The van der Waals surface area contributed by atoms with Gasteiger partial charge in [-0.2, -0.15) is 0 Å². The van der Waals surface area contributed by atoms with Crippen molar-refractivity contribution in [2.75, 3.05) is 0 Å². The highest BCUT2D eigenvalue weighted by Gasteiger charge is 2.31. The molecule has 1 N–H and O–H groups in total. The molecule has 0 spiro atoms. The minimum atomic E-state index is -4.75. The average Bonchev–Trinajstić information content (AvgIpc) is 3.15. The van der Waals surface area contributed by atoms with Crippen LogP contribution in [0.1, 0.15) is 32.2 Å². The van der Waals surface area contributed by atoms with Crippen molar-refractivity contribution in [3.8, 4) is 17.2 Å². The lowest BCUT2D eigenvalue weighted by Gasteiger charge is -2.20. The van der Waals surface area contributed by atoms with Gasteiger partial charge in [-0.25, -0.2) is 14.5 Å². The molecule has 174 valence electrons. The zero-order chi connectivity index (χ0) is 24.2. The van der Waals surface area contributed by atoms with Crippen molar-refractivity contribution in [3.63, 3.8) is 0 Å². The first-order valence-electron chi connectivity index (χ1n) is 9.63. The summed E-state index contributed by atoms with van der Waals surface area (Å²) in [5, 5.41) is 7.18. The number of nitrogens with one attached hydrogen (secondary N) is 1. The van der Waals surface area contributed by atoms with E-state index in [-0.39, 0.29) is 16.5 Å². The monoisotopic (exact) mass is 480 g/mol. The first-order valence-corrected chi connectivity index (χ1v) is 10.0. The molecule has 33 heavy (non-hydrogen) atoms. The van der Waals surface area contributed by atoms with E-state index in [0.717, 1.165) is 0 Å². The van der Waals surface area contributed by atoms with Gasteiger partial charge in [0.2, 0.25) is 0 Å². The minimum absolute atomic E-state index is 0.218. The van der Waals surface area contributed by atoms with Gasteiger partial charge in [-0.3, -0.25) is 0 Å². The van der Waals surface area contributed by atoms with Gasteiger partial charge in [-0.15, -0.1) is 18.3 Å². The van der Waals surface area contributed by atoms with Crippen LogP contribution in [0.4, 0.5) is 18.0 Å². The maximum atomic E-state index is 12.3. The lowest BCUT2D eigenvalue weighted by atomic mass is 10.1. The second-order valence-electron chi connectivity index (χ2n) is 7.88. The van der Waals surface area contributed by atoms with Crippen LogP contribution in [0.25, 0.3) is 17.8 Å². The van der Waals surface area contributed by atoms with Crippen molar-refractivity contribution < 1.29 is 27.4 Å². The summed E-state index contributed by atoms with van der Waals surface area (Å²) in [6.07, 6.45) is -0.586. The van der Waals surface area contributed by atoms with Crippen molar-refractivity contribution in [2.24, 2.45) is 0 Å². The number of carbonyl (C=O) groups is 1. The van der Waals surface area contributed by atoms with Gasteiger partial charge in [0.25, 0.3) is 0 Å². The molecule has 7 nitrogen and oxygen atoms in total. The molecular formula is C22H20ClF3N4O3. The van der Waals surface area contributed by atoms with Crippen LogP contribution in [0.2, 0.25) is 5.02 Å². The Labute approximate surface area is 192 Å². The summed E-state index contributed by atoms with van der Waals surface area (Å²) >= 11 is 6.21. The molecule has 0 atom stereocenters. The zero-order valence-electron chi connectivity index (χ0n) is 17.9. The molecule has 0 aliphatic carbocycles. The van der Waals surface area contributed by atoms with Gasteiger partial charge in [0.1, 0.15) is 12.1 Å². The number of aromatic nitrogens is 3. The molecule has 0 saturated carbocycles. The van der Waals surface area contributed by atoms with E-state index < -0.39 is 18.0 Å². The first-order chi connectivity index (χ1) is 15.4. The van der Waals surface area contributed by atoms with E-state index in [9.17, 15) is 18.0 Å². The normalized spacial score (nSPS) is 12.1. The Morgan fingerprint density at radius 2 is 1.79 bits per heavy atom. The molecule has 1 heterocycles. The third kappa shape index (κ3) is 7.53. The van der Waals surface area contributed by atoms with E-state index in [1.807, 2.05) is 20.8 Å². The van der Waals surface area contributed by atoms with Crippen LogP contribution in [0.3, 0.4) is 0 Å². The van der Waals surface area contributed by atoms with Crippen LogP contribution in [-0.2, 0) is 0 Å². The van der Waals surface area contributed by atoms with Crippen LogP contribution >= 0.6 is 11.6 Å². The number of amides is 1. The molecule has 0 bridgehead atoms. The maximum Gasteiger partial charge on any atom is 0.573 e. The van der Waals surface area contributed by atoms with Crippen molar-refractivity contribution in [1.29, 1.82) is 0 Å². The van der Waals surface area contributed by atoms with Crippen molar-refractivity contribution in [3.05, 3.63) is 65.2 Å². The van der Waals surface area contributed by atoms with Gasteiger partial charge in [-0.05, 0) is 68.8 Å². The fourth-order valence-electron chi connectivity index (χ4n) is 2.58. The molecule has 0 aliphatic heterocycles.